The van der Waals surface area contributed by atoms with Gasteiger partial charge >= 0.3 is 0 Å². The fraction of sp³-hybridized carbons (Fsp3) is 0.619. The van der Waals surface area contributed by atoms with Crippen LogP contribution in [0.2, 0.25) is 0 Å². The van der Waals surface area contributed by atoms with Crippen LogP contribution in [-0.4, -0.2) is 49.6 Å². The molecular weight excluding hydrogens is 340 g/mol. The molecule has 0 aliphatic rings. The normalized spacial score (nSPS) is 13.7. The molecule has 0 saturated heterocycles. The lowest BCUT2D eigenvalue weighted by Gasteiger charge is -2.19. The molecule has 2 atom stereocenters. The summed E-state index contributed by atoms with van der Waals surface area (Å²) in [7, 11) is 3.49. The zero-order valence-corrected chi connectivity index (χ0v) is 17.9. The van der Waals surface area contributed by atoms with Crippen molar-refractivity contribution in [2.24, 2.45) is 4.99 Å². The molecule has 2 N–H and O–H groups in total. The van der Waals surface area contributed by atoms with Crippen LogP contribution in [0.4, 0.5) is 0 Å². The summed E-state index contributed by atoms with van der Waals surface area (Å²) < 4.78 is 6.07. The molecule has 2 unspecified atom stereocenters. The molecule has 152 valence electrons. The monoisotopic (exact) mass is 376 g/mol. The van der Waals surface area contributed by atoms with Crippen LogP contribution >= 0.6 is 0 Å². The standard InChI is InChI=1S/C21H36N4O2/c1-8-16(4)24-21(23-14-20(26)25(6)7)22-13-18-11-10-15(3)12-19(18)27-17(5)9-2/h10-12,16-17H,8-9,13-14H2,1-7H3,(H2,22,23,24). The predicted molar refractivity (Wildman–Crippen MR) is 112 cm³/mol. The van der Waals surface area contributed by atoms with Crippen LogP contribution in [0.15, 0.2) is 23.2 Å². The van der Waals surface area contributed by atoms with E-state index in [1.165, 1.54) is 0 Å². The average molecular weight is 377 g/mol. The molecule has 1 amide bonds. The third-order valence-corrected chi connectivity index (χ3v) is 4.43. The first-order valence-electron chi connectivity index (χ1n) is 9.77. The van der Waals surface area contributed by atoms with Gasteiger partial charge < -0.3 is 20.3 Å². The van der Waals surface area contributed by atoms with E-state index in [0.29, 0.717) is 12.5 Å². The number of aryl methyl sites for hydroxylation is 1. The molecule has 1 aromatic carbocycles. The average Bonchev–Trinajstić information content (AvgIpc) is 2.64. The third-order valence-electron chi connectivity index (χ3n) is 4.43. The number of hydrogen-bond donors (Lipinski definition) is 2. The fourth-order valence-electron chi connectivity index (χ4n) is 2.17. The van der Waals surface area contributed by atoms with Crippen LogP contribution in [0.1, 0.15) is 51.7 Å². The second kappa shape index (κ2) is 11.5. The predicted octanol–water partition coefficient (Wildman–Crippen LogP) is 3.09. The molecule has 0 spiro atoms. The molecule has 0 aliphatic heterocycles. The minimum Gasteiger partial charge on any atom is -0.490 e. The van der Waals surface area contributed by atoms with Crippen molar-refractivity contribution in [1.82, 2.24) is 15.5 Å². The highest BCUT2D eigenvalue weighted by Gasteiger charge is 2.10. The van der Waals surface area contributed by atoms with Crippen LogP contribution in [0.25, 0.3) is 0 Å². The highest BCUT2D eigenvalue weighted by molar-refractivity contribution is 5.86. The van der Waals surface area contributed by atoms with E-state index in [0.717, 1.165) is 29.7 Å². The molecule has 0 aromatic heterocycles. The number of aliphatic imine (C=N–C) groups is 1. The summed E-state index contributed by atoms with van der Waals surface area (Å²) in [5.41, 5.74) is 2.19. The van der Waals surface area contributed by atoms with Gasteiger partial charge in [0.15, 0.2) is 5.96 Å². The van der Waals surface area contributed by atoms with Crippen molar-refractivity contribution >= 4 is 11.9 Å². The topological polar surface area (TPSA) is 66.0 Å². The number of nitrogens with one attached hydrogen (secondary N) is 2. The third kappa shape index (κ3) is 8.33. The molecule has 6 nitrogen and oxygen atoms in total. The summed E-state index contributed by atoms with van der Waals surface area (Å²) in [6.07, 6.45) is 2.07. The van der Waals surface area contributed by atoms with Crippen LogP contribution in [0, 0.1) is 6.92 Å². The molecule has 0 bridgehead atoms. The van der Waals surface area contributed by atoms with Gasteiger partial charge in [0.25, 0.3) is 0 Å². The van der Waals surface area contributed by atoms with Gasteiger partial charge in [-0.2, -0.15) is 0 Å². The van der Waals surface area contributed by atoms with Crippen molar-refractivity contribution in [1.29, 1.82) is 0 Å². The number of nitrogens with zero attached hydrogens (tertiary/aromatic N) is 2. The van der Waals surface area contributed by atoms with E-state index < -0.39 is 0 Å². The Labute approximate surface area is 164 Å². The summed E-state index contributed by atoms with van der Waals surface area (Å²) >= 11 is 0. The maximum atomic E-state index is 11.9. The highest BCUT2D eigenvalue weighted by Crippen LogP contribution is 2.23. The molecule has 0 heterocycles. The van der Waals surface area contributed by atoms with Crippen molar-refractivity contribution < 1.29 is 9.53 Å². The number of carbonyl (C=O) groups is 1. The first kappa shape index (κ1) is 22.8. The minimum atomic E-state index is 0.00443. The van der Waals surface area contributed by atoms with E-state index in [4.69, 9.17) is 4.74 Å². The minimum absolute atomic E-state index is 0.00443. The van der Waals surface area contributed by atoms with E-state index in [9.17, 15) is 4.79 Å². The van der Waals surface area contributed by atoms with Gasteiger partial charge in [-0.3, -0.25) is 4.79 Å². The number of benzene rings is 1. The number of likely N-dealkylation sites (N-methyl/N-ethyl adjacent to an activating group) is 1. The van der Waals surface area contributed by atoms with Crippen LogP contribution in [0.3, 0.4) is 0 Å². The zero-order chi connectivity index (χ0) is 20.4. The lowest BCUT2D eigenvalue weighted by molar-refractivity contribution is -0.127. The molecule has 0 saturated carbocycles. The van der Waals surface area contributed by atoms with Crippen LogP contribution < -0.4 is 15.4 Å². The van der Waals surface area contributed by atoms with Crippen molar-refractivity contribution in [3.05, 3.63) is 29.3 Å². The van der Waals surface area contributed by atoms with Gasteiger partial charge in [-0.05, 0) is 45.2 Å². The molecule has 0 radical (unpaired) electrons. The number of ether oxygens (including phenoxy) is 1. The van der Waals surface area contributed by atoms with E-state index >= 15 is 0 Å². The second-order valence-electron chi connectivity index (χ2n) is 7.21. The van der Waals surface area contributed by atoms with Crippen molar-refractivity contribution in [2.45, 2.75) is 66.2 Å². The number of guanidine groups is 1. The first-order valence-corrected chi connectivity index (χ1v) is 9.77. The zero-order valence-electron chi connectivity index (χ0n) is 17.9. The van der Waals surface area contributed by atoms with Crippen LogP contribution in [-0.2, 0) is 11.3 Å². The quantitative estimate of drug-likeness (QED) is 0.513. The Bertz CT molecular complexity index is 629. The lowest BCUT2D eigenvalue weighted by atomic mass is 10.1. The van der Waals surface area contributed by atoms with Crippen molar-refractivity contribution in [2.75, 3.05) is 20.6 Å². The highest BCUT2D eigenvalue weighted by atomic mass is 16.5. The van der Waals surface area contributed by atoms with E-state index in [-0.39, 0.29) is 24.6 Å². The fourth-order valence-corrected chi connectivity index (χ4v) is 2.17. The summed E-state index contributed by atoms with van der Waals surface area (Å²) in [6, 6.07) is 6.45. The number of hydrogen-bond acceptors (Lipinski definition) is 3. The molecular formula is C21H36N4O2. The molecule has 6 heteroatoms. The van der Waals surface area contributed by atoms with E-state index in [1.54, 1.807) is 19.0 Å². The molecule has 1 rings (SSSR count). The van der Waals surface area contributed by atoms with Crippen LogP contribution in [0.5, 0.6) is 5.75 Å². The largest absolute Gasteiger partial charge is 0.490 e. The Morgan fingerprint density at radius 1 is 1.22 bits per heavy atom. The molecule has 0 aliphatic carbocycles. The Morgan fingerprint density at radius 2 is 1.93 bits per heavy atom. The van der Waals surface area contributed by atoms with Gasteiger partial charge in [0.1, 0.15) is 5.75 Å². The summed E-state index contributed by atoms with van der Waals surface area (Å²) in [5, 5.41) is 6.47. The van der Waals surface area contributed by atoms with Gasteiger partial charge in [-0.25, -0.2) is 4.99 Å². The molecule has 1 aromatic rings. The molecule has 27 heavy (non-hydrogen) atoms. The Morgan fingerprint density at radius 3 is 2.52 bits per heavy atom. The SMILES string of the molecule is CCC(C)NC(=NCc1ccc(C)cc1OC(C)CC)NCC(=O)N(C)C. The second-order valence-corrected chi connectivity index (χ2v) is 7.21. The van der Waals surface area contributed by atoms with E-state index in [2.05, 4.69) is 68.4 Å². The summed E-state index contributed by atoms with van der Waals surface area (Å²) in [6.45, 7) is 11.1. The Kier molecular flexibility index (Phi) is 9.68. The van der Waals surface area contributed by atoms with Gasteiger partial charge in [0, 0.05) is 25.7 Å². The molecule has 0 fully saturated rings. The Hall–Kier alpha value is -2.24. The lowest BCUT2D eigenvalue weighted by Crippen LogP contribution is -2.45. The summed E-state index contributed by atoms with van der Waals surface area (Å²) in [5.74, 6) is 1.51. The van der Waals surface area contributed by atoms with Gasteiger partial charge in [-0.1, -0.05) is 26.0 Å². The van der Waals surface area contributed by atoms with Gasteiger partial charge in [-0.15, -0.1) is 0 Å². The summed E-state index contributed by atoms with van der Waals surface area (Å²) in [4.78, 5) is 18.1. The van der Waals surface area contributed by atoms with Crippen molar-refractivity contribution in [3.63, 3.8) is 0 Å². The Balaban J connectivity index is 2.94. The number of rotatable bonds is 9. The first-order chi connectivity index (χ1) is 12.8. The van der Waals surface area contributed by atoms with Crippen molar-refractivity contribution in [3.8, 4) is 5.75 Å². The van der Waals surface area contributed by atoms with Gasteiger partial charge in [0.2, 0.25) is 5.91 Å². The van der Waals surface area contributed by atoms with E-state index in [1.807, 2.05) is 0 Å². The number of amides is 1. The maximum absolute atomic E-state index is 11.9. The maximum Gasteiger partial charge on any atom is 0.241 e. The number of carbonyl (C=O) groups excluding carboxylic acids is 1. The van der Waals surface area contributed by atoms with Gasteiger partial charge in [0.05, 0.1) is 19.2 Å². The smallest absolute Gasteiger partial charge is 0.241 e.